The molecule has 0 atom stereocenters. The molecule has 5 heteroatoms. The minimum Gasteiger partial charge on any atom is -0.493 e. The maximum Gasteiger partial charge on any atom is 0.175 e. The van der Waals surface area contributed by atoms with Crippen LogP contribution in [0.2, 0.25) is 0 Å². The predicted molar refractivity (Wildman–Crippen MR) is 91.6 cm³/mol. The first-order chi connectivity index (χ1) is 10.2. The molecule has 0 saturated heterocycles. The summed E-state index contributed by atoms with van der Waals surface area (Å²) in [6, 6.07) is 8.28. The lowest BCUT2D eigenvalue weighted by atomic mass is 10.2. The van der Waals surface area contributed by atoms with Crippen molar-refractivity contribution < 1.29 is 9.47 Å². The Morgan fingerprint density at radius 3 is 2.86 bits per heavy atom. The molecule has 0 amide bonds. The zero-order valence-corrected chi connectivity index (χ0v) is 14.7. The number of thiophene rings is 1. The molecule has 114 valence electrons. The van der Waals surface area contributed by atoms with Gasteiger partial charge in [0.15, 0.2) is 11.5 Å². The third-order valence-corrected chi connectivity index (χ3v) is 4.57. The molecule has 21 heavy (non-hydrogen) atoms. The molecule has 1 aromatic carbocycles. The minimum absolute atomic E-state index is 0.641. The number of hydrogen-bond acceptors (Lipinski definition) is 4. The number of ether oxygens (including phenoxy) is 2. The topological polar surface area (TPSA) is 30.5 Å². The Balaban J connectivity index is 2.03. The summed E-state index contributed by atoms with van der Waals surface area (Å²) in [7, 11) is 1.67. The second-order valence-electron chi connectivity index (χ2n) is 4.57. The second-order valence-corrected chi connectivity index (χ2v) is 6.45. The molecule has 1 heterocycles. The Morgan fingerprint density at radius 2 is 2.19 bits per heavy atom. The molecule has 2 aromatic rings. The van der Waals surface area contributed by atoms with Crippen molar-refractivity contribution in [3.8, 4) is 11.5 Å². The first kappa shape index (κ1) is 16.3. The third-order valence-electron chi connectivity index (χ3n) is 3.04. The lowest BCUT2D eigenvalue weighted by molar-refractivity contribution is 0.296. The first-order valence-electron chi connectivity index (χ1n) is 6.97. The summed E-state index contributed by atoms with van der Waals surface area (Å²) in [5.74, 6) is 1.54. The molecule has 0 bridgehead atoms. The summed E-state index contributed by atoms with van der Waals surface area (Å²) in [6.07, 6.45) is 0.909. The predicted octanol–water partition coefficient (Wildman–Crippen LogP) is 4.25. The molecule has 0 spiro atoms. The van der Waals surface area contributed by atoms with Gasteiger partial charge in [0, 0.05) is 17.8 Å². The minimum atomic E-state index is 0.641. The van der Waals surface area contributed by atoms with E-state index in [4.69, 9.17) is 9.47 Å². The van der Waals surface area contributed by atoms with E-state index in [0.29, 0.717) is 6.61 Å². The van der Waals surface area contributed by atoms with Gasteiger partial charge in [-0.2, -0.15) is 0 Å². The lowest BCUT2D eigenvalue weighted by Crippen LogP contribution is -2.12. The smallest absolute Gasteiger partial charge is 0.175 e. The Labute approximate surface area is 138 Å². The van der Waals surface area contributed by atoms with Crippen molar-refractivity contribution in [2.45, 2.75) is 19.9 Å². The van der Waals surface area contributed by atoms with Gasteiger partial charge in [-0.3, -0.25) is 0 Å². The average Bonchev–Trinajstić information content (AvgIpc) is 3.00. The fourth-order valence-electron chi connectivity index (χ4n) is 1.99. The van der Waals surface area contributed by atoms with Crippen LogP contribution in [-0.2, 0) is 13.0 Å². The molecule has 0 unspecified atom stereocenters. The molecular weight excluding hydrogens is 350 g/mol. The summed E-state index contributed by atoms with van der Waals surface area (Å²) < 4.78 is 12.3. The van der Waals surface area contributed by atoms with E-state index >= 15 is 0 Å². The molecule has 3 nitrogen and oxygen atoms in total. The molecule has 0 aliphatic carbocycles. The van der Waals surface area contributed by atoms with Crippen molar-refractivity contribution in [3.63, 3.8) is 0 Å². The van der Waals surface area contributed by atoms with E-state index in [-0.39, 0.29) is 0 Å². The highest BCUT2D eigenvalue weighted by molar-refractivity contribution is 9.10. The van der Waals surface area contributed by atoms with Crippen LogP contribution in [0.25, 0.3) is 0 Å². The summed E-state index contributed by atoms with van der Waals surface area (Å²) in [5, 5.41) is 5.39. The van der Waals surface area contributed by atoms with Crippen LogP contribution in [0, 0.1) is 0 Å². The van der Waals surface area contributed by atoms with Gasteiger partial charge in [0.1, 0.15) is 0 Å². The molecule has 0 aliphatic rings. The van der Waals surface area contributed by atoms with E-state index in [9.17, 15) is 0 Å². The molecule has 2 rings (SSSR count). The fourth-order valence-corrected chi connectivity index (χ4v) is 3.29. The van der Waals surface area contributed by atoms with Crippen molar-refractivity contribution in [1.82, 2.24) is 5.32 Å². The standard InChI is InChI=1S/C16H20BrNO2S/c1-3-18-11-12-9-14(17)16(15(10-12)19-2)20-7-6-13-5-4-8-21-13/h4-5,8-10,18H,3,6-7,11H2,1-2H3. The molecule has 0 radical (unpaired) electrons. The van der Waals surface area contributed by atoms with Crippen molar-refractivity contribution in [3.05, 3.63) is 44.6 Å². The van der Waals surface area contributed by atoms with Crippen LogP contribution >= 0.6 is 27.3 Å². The number of nitrogens with one attached hydrogen (secondary N) is 1. The van der Waals surface area contributed by atoms with E-state index in [0.717, 1.165) is 35.5 Å². The highest BCUT2D eigenvalue weighted by Crippen LogP contribution is 2.36. The van der Waals surface area contributed by atoms with Gasteiger partial charge in [-0.25, -0.2) is 0 Å². The fraction of sp³-hybridized carbons (Fsp3) is 0.375. The quantitative estimate of drug-likeness (QED) is 0.754. The van der Waals surface area contributed by atoms with Gasteiger partial charge in [0.25, 0.3) is 0 Å². The maximum atomic E-state index is 5.91. The van der Waals surface area contributed by atoms with E-state index in [1.165, 1.54) is 10.4 Å². The zero-order valence-electron chi connectivity index (χ0n) is 12.3. The number of methoxy groups -OCH3 is 1. The van der Waals surface area contributed by atoms with Gasteiger partial charge in [-0.1, -0.05) is 13.0 Å². The Morgan fingerprint density at radius 1 is 1.33 bits per heavy atom. The first-order valence-corrected chi connectivity index (χ1v) is 8.64. The highest BCUT2D eigenvalue weighted by Gasteiger charge is 2.11. The van der Waals surface area contributed by atoms with Gasteiger partial charge in [0.05, 0.1) is 18.2 Å². The van der Waals surface area contributed by atoms with E-state index < -0.39 is 0 Å². The number of benzene rings is 1. The van der Waals surface area contributed by atoms with Crippen molar-refractivity contribution >= 4 is 27.3 Å². The molecule has 1 aromatic heterocycles. The Hall–Kier alpha value is -1.04. The molecular formula is C16H20BrNO2S. The largest absolute Gasteiger partial charge is 0.493 e. The molecule has 0 aliphatic heterocycles. The number of rotatable bonds is 8. The van der Waals surface area contributed by atoms with Crippen LogP contribution in [0.4, 0.5) is 0 Å². The second kappa shape index (κ2) is 8.41. The van der Waals surface area contributed by atoms with Crippen LogP contribution in [0.1, 0.15) is 17.4 Å². The van der Waals surface area contributed by atoms with Gasteiger partial charge in [-0.05, 0) is 51.6 Å². The van der Waals surface area contributed by atoms with E-state index in [1.54, 1.807) is 18.4 Å². The molecule has 0 saturated carbocycles. The molecule has 0 fully saturated rings. The van der Waals surface area contributed by atoms with Gasteiger partial charge >= 0.3 is 0 Å². The van der Waals surface area contributed by atoms with Gasteiger partial charge in [0.2, 0.25) is 0 Å². The van der Waals surface area contributed by atoms with Crippen LogP contribution in [0.3, 0.4) is 0 Å². The van der Waals surface area contributed by atoms with Crippen LogP contribution in [0.15, 0.2) is 34.1 Å². The highest BCUT2D eigenvalue weighted by atomic mass is 79.9. The van der Waals surface area contributed by atoms with Gasteiger partial charge in [-0.15, -0.1) is 11.3 Å². The van der Waals surface area contributed by atoms with E-state index in [1.807, 2.05) is 6.07 Å². The Bertz CT molecular complexity index is 558. The monoisotopic (exact) mass is 369 g/mol. The SMILES string of the molecule is CCNCc1cc(Br)c(OCCc2cccs2)c(OC)c1. The Kier molecular flexibility index (Phi) is 6.54. The van der Waals surface area contributed by atoms with Crippen LogP contribution in [-0.4, -0.2) is 20.3 Å². The lowest BCUT2D eigenvalue weighted by Gasteiger charge is -2.14. The third kappa shape index (κ3) is 4.73. The summed E-state index contributed by atoms with van der Waals surface area (Å²) >= 11 is 5.33. The van der Waals surface area contributed by atoms with Crippen molar-refractivity contribution in [2.24, 2.45) is 0 Å². The normalized spacial score (nSPS) is 10.6. The van der Waals surface area contributed by atoms with E-state index in [2.05, 4.69) is 51.7 Å². The van der Waals surface area contributed by atoms with Crippen LogP contribution < -0.4 is 14.8 Å². The van der Waals surface area contributed by atoms with Crippen molar-refractivity contribution in [1.29, 1.82) is 0 Å². The van der Waals surface area contributed by atoms with Gasteiger partial charge < -0.3 is 14.8 Å². The number of hydrogen-bond donors (Lipinski definition) is 1. The van der Waals surface area contributed by atoms with Crippen molar-refractivity contribution in [2.75, 3.05) is 20.3 Å². The summed E-state index contributed by atoms with van der Waals surface area (Å²) in [5.41, 5.74) is 1.17. The summed E-state index contributed by atoms with van der Waals surface area (Å²) in [4.78, 5) is 1.33. The molecule has 1 N–H and O–H groups in total. The average molecular weight is 370 g/mol. The maximum absolute atomic E-state index is 5.91. The van der Waals surface area contributed by atoms with Crippen LogP contribution in [0.5, 0.6) is 11.5 Å². The number of halogens is 1. The summed E-state index contributed by atoms with van der Waals surface area (Å²) in [6.45, 7) is 4.50. The zero-order chi connectivity index (χ0) is 15.1.